The average molecular weight is 424 g/mol. The number of aromatic nitrogens is 5. The summed E-state index contributed by atoms with van der Waals surface area (Å²) in [5, 5.41) is 5.33. The molecule has 0 saturated heterocycles. The predicted octanol–water partition coefficient (Wildman–Crippen LogP) is 4.56. The number of nitrogens with zero attached hydrogens (tertiary/aromatic N) is 5. The number of fused-ring (bicyclic) bond motifs is 1. The quantitative estimate of drug-likeness (QED) is 0.478. The van der Waals surface area contributed by atoms with Gasteiger partial charge in [-0.2, -0.15) is 4.98 Å². The van der Waals surface area contributed by atoms with Crippen LogP contribution in [0.5, 0.6) is 0 Å². The van der Waals surface area contributed by atoms with Gasteiger partial charge >= 0.3 is 0 Å². The van der Waals surface area contributed by atoms with Crippen molar-refractivity contribution < 1.29 is 4.52 Å². The lowest BCUT2D eigenvalue weighted by molar-refractivity contribution is 0.315. The van der Waals surface area contributed by atoms with Gasteiger partial charge in [-0.3, -0.25) is 9.36 Å². The maximum atomic E-state index is 12.5. The summed E-state index contributed by atoms with van der Waals surface area (Å²) in [7, 11) is 0. The molecule has 1 saturated carbocycles. The molecule has 5 rings (SSSR count). The van der Waals surface area contributed by atoms with Crippen LogP contribution >= 0.6 is 11.6 Å². The molecule has 0 aliphatic heterocycles. The van der Waals surface area contributed by atoms with E-state index in [4.69, 9.17) is 16.1 Å². The summed E-state index contributed by atoms with van der Waals surface area (Å²) < 4.78 is 6.82. The Kier molecular flexibility index (Phi) is 5.90. The summed E-state index contributed by atoms with van der Waals surface area (Å²) in [5.74, 6) is 1.86. The van der Waals surface area contributed by atoms with Crippen molar-refractivity contribution >= 4 is 22.6 Å². The van der Waals surface area contributed by atoms with Crippen LogP contribution in [0.3, 0.4) is 0 Å². The van der Waals surface area contributed by atoms with E-state index in [1.54, 1.807) is 18.3 Å². The van der Waals surface area contributed by atoms with Crippen LogP contribution in [0.25, 0.3) is 11.0 Å². The highest BCUT2D eigenvalue weighted by molar-refractivity contribution is 6.30. The number of hydrogen-bond acceptors (Lipinski definition) is 6. The fourth-order valence-corrected chi connectivity index (χ4v) is 3.72. The summed E-state index contributed by atoms with van der Waals surface area (Å²) in [4.78, 5) is 25.3. The molecule has 30 heavy (non-hydrogen) atoms. The van der Waals surface area contributed by atoms with Crippen molar-refractivity contribution in [3.63, 3.8) is 0 Å². The van der Waals surface area contributed by atoms with E-state index in [0.717, 1.165) is 17.9 Å². The van der Waals surface area contributed by atoms with Gasteiger partial charge in [0.15, 0.2) is 11.5 Å². The first-order chi connectivity index (χ1) is 14.7. The molecule has 154 valence electrons. The largest absolute Gasteiger partial charge is 0.337 e. The highest BCUT2D eigenvalue weighted by Crippen LogP contribution is 2.46. The molecule has 3 aromatic heterocycles. The van der Waals surface area contributed by atoms with Gasteiger partial charge in [0.05, 0.1) is 5.39 Å². The molecule has 0 N–H and O–H groups in total. The third-order valence-corrected chi connectivity index (χ3v) is 5.48. The van der Waals surface area contributed by atoms with Crippen LogP contribution < -0.4 is 5.56 Å². The Balaban J connectivity index is 0.00000106. The normalized spacial score (nSPS) is 17.8. The molecule has 0 radical (unpaired) electrons. The van der Waals surface area contributed by atoms with Crippen LogP contribution in [-0.2, 0) is 6.54 Å². The number of hydrogen-bond donors (Lipinski definition) is 0. The van der Waals surface area contributed by atoms with E-state index in [9.17, 15) is 4.79 Å². The van der Waals surface area contributed by atoms with E-state index in [-0.39, 0.29) is 18.0 Å². The lowest BCUT2D eigenvalue weighted by Gasteiger charge is -2.33. The minimum absolute atomic E-state index is 0.177. The third kappa shape index (κ3) is 3.98. The van der Waals surface area contributed by atoms with Gasteiger partial charge in [-0.05, 0) is 48.6 Å². The van der Waals surface area contributed by atoms with E-state index in [1.807, 2.05) is 26.0 Å². The van der Waals surface area contributed by atoms with Crippen molar-refractivity contribution in [3.8, 4) is 0 Å². The topological polar surface area (TPSA) is 86.7 Å². The molecule has 1 fully saturated rings. The van der Waals surface area contributed by atoms with E-state index < -0.39 is 0 Å². The van der Waals surface area contributed by atoms with Gasteiger partial charge in [0.2, 0.25) is 5.89 Å². The molecule has 0 atom stereocenters. The lowest BCUT2D eigenvalue weighted by atomic mass is 9.71. The van der Waals surface area contributed by atoms with Gasteiger partial charge in [0.25, 0.3) is 5.56 Å². The molecular weight excluding hydrogens is 402 g/mol. The van der Waals surface area contributed by atoms with Gasteiger partial charge in [-0.15, -0.1) is 0 Å². The Bertz CT molecular complexity index is 1200. The van der Waals surface area contributed by atoms with Crippen LogP contribution in [0, 0.1) is 0 Å². The molecule has 0 spiro atoms. The average Bonchev–Trinajstić information content (AvgIpc) is 3.20. The Labute approximate surface area is 178 Å². The SMILES string of the molecule is CC.O=c1c2cccnc2ncn1Cc1nc(C2CC(c3ccc(Cl)cc3)C2)no1. The number of benzene rings is 1. The van der Waals surface area contributed by atoms with Crippen molar-refractivity contribution in [2.24, 2.45) is 0 Å². The first kappa shape index (κ1) is 20.2. The summed E-state index contributed by atoms with van der Waals surface area (Å²) in [6.45, 7) is 4.19. The standard InChI is InChI=1S/C20H16ClN5O2.C2H6/c21-15-5-3-12(4-6-15)13-8-14(9-13)18-24-17(28-25-18)10-26-11-23-19-16(20(26)27)2-1-7-22-19;1-2/h1-7,11,13-14H,8-10H2;1-2H3. The zero-order valence-electron chi connectivity index (χ0n) is 16.8. The van der Waals surface area contributed by atoms with Crippen molar-refractivity contribution in [2.45, 2.75) is 45.1 Å². The molecule has 0 bridgehead atoms. The Morgan fingerprint density at radius 2 is 1.87 bits per heavy atom. The first-order valence-electron chi connectivity index (χ1n) is 10.1. The lowest BCUT2D eigenvalue weighted by Crippen LogP contribution is -2.22. The second kappa shape index (κ2) is 8.75. The smallest absolute Gasteiger partial charge is 0.263 e. The molecule has 1 aliphatic carbocycles. The molecule has 3 heterocycles. The van der Waals surface area contributed by atoms with Gasteiger partial charge in [-0.25, -0.2) is 9.97 Å². The van der Waals surface area contributed by atoms with E-state index in [2.05, 4.69) is 32.2 Å². The molecule has 1 aromatic carbocycles. The van der Waals surface area contributed by atoms with Gasteiger partial charge in [0.1, 0.15) is 12.9 Å². The molecule has 1 aliphatic rings. The van der Waals surface area contributed by atoms with Crippen molar-refractivity contribution in [2.75, 3.05) is 0 Å². The van der Waals surface area contributed by atoms with Gasteiger partial charge in [-0.1, -0.05) is 42.7 Å². The van der Waals surface area contributed by atoms with Crippen LogP contribution in [-0.4, -0.2) is 24.7 Å². The Morgan fingerprint density at radius 3 is 2.63 bits per heavy atom. The van der Waals surface area contributed by atoms with E-state index >= 15 is 0 Å². The minimum Gasteiger partial charge on any atom is -0.337 e. The Morgan fingerprint density at radius 1 is 1.10 bits per heavy atom. The minimum atomic E-state index is -0.177. The molecule has 0 unspecified atom stereocenters. The maximum Gasteiger partial charge on any atom is 0.263 e. The van der Waals surface area contributed by atoms with E-state index in [1.165, 1.54) is 16.5 Å². The molecule has 8 heteroatoms. The van der Waals surface area contributed by atoms with Crippen molar-refractivity contribution in [3.05, 3.63) is 81.6 Å². The van der Waals surface area contributed by atoms with Crippen LogP contribution in [0.4, 0.5) is 0 Å². The third-order valence-electron chi connectivity index (χ3n) is 5.23. The maximum absolute atomic E-state index is 12.5. The second-order valence-electron chi connectivity index (χ2n) is 7.02. The number of rotatable bonds is 4. The summed E-state index contributed by atoms with van der Waals surface area (Å²) in [5.41, 5.74) is 1.54. The number of pyridine rings is 1. The van der Waals surface area contributed by atoms with E-state index in [0.29, 0.717) is 28.7 Å². The predicted molar refractivity (Wildman–Crippen MR) is 115 cm³/mol. The summed E-state index contributed by atoms with van der Waals surface area (Å²) in [6.07, 6.45) is 5.02. The fraction of sp³-hybridized carbons (Fsp3) is 0.318. The summed E-state index contributed by atoms with van der Waals surface area (Å²) in [6, 6.07) is 11.4. The molecular formula is C22H22ClN5O2. The van der Waals surface area contributed by atoms with Crippen molar-refractivity contribution in [1.29, 1.82) is 0 Å². The second-order valence-corrected chi connectivity index (χ2v) is 7.45. The summed E-state index contributed by atoms with van der Waals surface area (Å²) >= 11 is 5.95. The first-order valence-corrected chi connectivity index (χ1v) is 10.4. The Hall–Kier alpha value is -3.06. The molecule has 0 amide bonds. The van der Waals surface area contributed by atoms with Gasteiger partial charge < -0.3 is 4.52 Å². The molecule has 7 nitrogen and oxygen atoms in total. The monoisotopic (exact) mass is 423 g/mol. The van der Waals surface area contributed by atoms with Crippen LogP contribution in [0.2, 0.25) is 5.02 Å². The van der Waals surface area contributed by atoms with Crippen LogP contribution in [0.15, 0.2) is 58.2 Å². The molecule has 4 aromatic rings. The highest BCUT2D eigenvalue weighted by atomic mass is 35.5. The van der Waals surface area contributed by atoms with Gasteiger partial charge in [0, 0.05) is 17.1 Å². The van der Waals surface area contributed by atoms with Crippen LogP contribution in [0.1, 0.15) is 55.8 Å². The fourth-order valence-electron chi connectivity index (χ4n) is 3.59. The highest BCUT2D eigenvalue weighted by Gasteiger charge is 2.34. The number of halogens is 1. The zero-order valence-corrected chi connectivity index (χ0v) is 17.6. The zero-order chi connectivity index (χ0) is 21.1. The van der Waals surface area contributed by atoms with Crippen molar-refractivity contribution in [1.82, 2.24) is 24.7 Å².